The lowest BCUT2D eigenvalue weighted by atomic mass is 10.1. The molecule has 0 atom stereocenters. The van der Waals surface area contributed by atoms with Crippen molar-refractivity contribution in [1.82, 2.24) is 9.97 Å². The smallest absolute Gasteiger partial charge is 0.293 e. The van der Waals surface area contributed by atoms with Gasteiger partial charge in [0.25, 0.3) is 6.01 Å². The summed E-state index contributed by atoms with van der Waals surface area (Å²) in [6.45, 7) is 0.523. The van der Waals surface area contributed by atoms with Crippen molar-refractivity contribution in [2.24, 2.45) is 0 Å². The number of H-pyrrole nitrogens is 1. The van der Waals surface area contributed by atoms with Crippen LogP contribution in [0.2, 0.25) is 0 Å². The summed E-state index contributed by atoms with van der Waals surface area (Å²) in [5.74, 6) is 0. The van der Waals surface area contributed by atoms with Gasteiger partial charge in [0.15, 0.2) is 0 Å². The van der Waals surface area contributed by atoms with Crippen molar-refractivity contribution in [1.29, 1.82) is 0 Å². The Bertz CT molecular complexity index is 612. The zero-order valence-corrected chi connectivity index (χ0v) is 9.26. The fraction of sp³-hybridized carbons (Fsp3) is 0.0714. The van der Waals surface area contributed by atoms with E-state index in [4.69, 9.17) is 4.74 Å². The maximum Gasteiger partial charge on any atom is 0.293 e. The molecule has 84 valence electrons. The van der Waals surface area contributed by atoms with Crippen LogP contribution >= 0.6 is 0 Å². The molecule has 0 saturated carbocycles. The van der Waals surface area contributed by atoms with Crippen molar-refractivity contribution in [3.8, 4) is 6.01 Å². The van der Waals surface area contributed by atoms with Crippen molar-refractivity contribution in [2.75, 3.05) is 0 Å². The quantitative estimate of drug-likeness (QED) is 0.742. The van der Waals surface area contributed by atoms with Gasteiger partial charge in [-0.2, -0.15) is 0 Å². The molecule has 0 aliphatic carbocycles. The van der Waals surface area contributed by atoms with Crippen LogP contribution < -0.4 is 4.74 Å². The summed E-state index contributed by atoms with van der Waals surface area (Å²) in [6, 6.07) is 15.1. The van der Waals surface area contributed by atoms with Crippen LogP contribution in [0.1, 0.15) is 5.56 Å². The summed E-state index contributed by atoms with van der Waals surface area (Å²) in [4.78, 5) is 6.96. The summed E-state index contributed by atoms with van der Waals surface area (Å²) in [7, 11) is 0. The molecule has 0 bridgehead atoms. The van der Waals surface area contributed by atoms with E-state index in [0.29, 0.717) is 12.6 Å². The Morgan fingerprint density at radius 3 is 2.82 bits per heavy atom. The first-order valence-corrected chi connectivity index (χ1v) is 5.52. The normalized spacial score (nSPS) is 10.6. The van der Waals surface area contributed by atoms with Crippen molar-refractivity contribution < 1.29 is 4.74 Å². The Morgan fingerprint density at radius 2 is 1.94 bits per heavy atom. The summed E-state index contributed by atoms with van der Waals surface area (Å²) in [5.41, 5.74) is 1.17. The van der Waals surface area contributed by atoms with E-state index >= 15 is 0 Å². The van der Waals surface area contributed by atoms with Gasteiger partial charge in [0.05, 0.1) is 0 Å². The highest BCUT2D eigenvalue weighted by Crippen LogP contribution is 2.19. The molecule has 0 spiro atoms. The summed E-state index contributed by atoms with van der Waals surface area (Å²) < 4.78 is 5.57. The molecule has 3 aromatic rings. The van der Waals surface area contributed by atoms with E-state index in [2.05, 4.69) is 34.2 Å². The number of hydrogen-bond acceptors (Lipinski definition) is 2. The second-order valence-corrected chi connectivity index (χ2v) is 3.82. The van der Waals surface area contributed by atoms with Gasteiger partial charge in [-0.25, -0.2) is 4.98 Å². The molecule has 0 radical (unpaired) electrons. The molecule has 3 heteroatoms. The molecule has 0 unspecified atom stereocenters. The molecule has 0 fully saturated rings. The minimum absolute atomic E-state index is 0.523. The zero-order chi connectivity index (χ0) is 11.5. The monoisotopic (exact) mass is 224 g/mol. The van der Waals surface area contributed by atoms with Gasteiger partial charge in [0.1, 0.15) is 6.61 Å². The predicted molar refractivity (Wildman–Crippen MR) is 66.9 cm³/mol. The molecule has 0 aliphatic heterocycles. The Hall–Kier alpha value is -2.29. The Kier molecular flexibility index (Phi) is 2.50. The van der Waals surface area contributed by atoms with Crippen molar-refractivity contribution in [2.45, 2.75) is 6.61 Å². The number of fused-ring (bicyclic) bond motifs is 1. The van der Waals surface area contributed by atoms with Gasteiger partial charge in [-0.1, -0.05) is 42.5 Å². The fourth-order valence-corrected chi connectivity index (χ4v) is 1.89. The number of nitrogens with one attached hydrogen (secondary N) is 1. The highest BCUT2D eigenvalue weighted by molar-refractivity contribution is 5.85. The van der Waals surface area contributed by atoms with Crippen LogP contribution in [0, 0.1) is 0 Å². The lowest BCUT2D eigenvalue weighted by molar-refractivity contribution is 0.285. The van der Waals surface area contributed by atoms with Crippen LogP contribution in [0.3, 0.4) is 0 Å². The molecule has 2 aromatic carbocycles. The van der Waals surface area contributed by atoms with E-state index in [1.54, 1.807) is 12.4 Å². The minimum Gasteiger partial charge on any atom is -0.460 e. The maximum atomic E-state index is 5.57. The molecular formula is C14H12N2O. The number of benzene rings is 2. The van der Waals surface area contributed by atoms with Crippen LogP contribution in [-0.2, 0) is 6.61 Å². The Labute approximate surface area is 99.1 Å². The molecule has 0 amide bonds. The highest BCUT2D eigenvalue weighted by Gasteiger charge is 2.01. The van der Waals surface area contributed by atoms with Gasteiger partial charge in [-0.3, -0.25) is 0 Å². The third kappa shape index (κ3) is 1.99. The third-order valence-corrected chi connectivity index (χ3v) is 2.72. The third-order valence-electron chi connectivity index (χ3n) is 2.72. The summed E-state index contributed by atoms with van der Waals surface area (Å²) >= 11 is 0. The van der Waals surface area contributed by atoms with Gasteiger partial charge < -0.3 is 9.72 Å². The van der Waals surface area contributed by atoms with Crippen LogP contribution in [0.5, 0.6) is 6.01 Å². The van der Waals surface area contributed by atoms with Crippen molar-refractivity contribution in [3.63, 3.8) is 0 Å². The summed E-state index contributed by atoms with van der Waals surface area (Å²) in [5, 5.41) is 2.45. The molecule has 1 aromatic heterocycles. The van der Waals surface area contributed by atoms with Gasteiger partial charge >= 0.3 is 0 Å². The van der Waals surface area contributed by atoms with Crippen molar-refractivity contribution in [3.05, 3.63) is 60.4 Å². The lowest BCUT2D eigenvalue weighted by Gasteiger charge is -2.06. The second-order valence-electron chi connectivity index (χ2n) is 3.82. The molecular weight excluding hydrogens is 212 g/mol. The van der Waals surface area contributed by atoms with E-state index < -0.39 is 0 Å². The minimum atomic E-state index is 0.523. The maximum absolute atomic E-state index is 5.57. The first-order chi connectivity index (χ1) is 8.43. The van der Waals surface area contributed by atoms with Crippen LogP contribution in [0.25, 0.3) is 10.8 Å². The zero-order valence-electron chi connectivity index (χ0n) is 9.26. The van der Waals surface area contributed by atoms with Gasteiger partial charge in [0, 0.05) is 12.4 Å². The summed E-state index contributed by atoms with van der Waals surface area (Å²) in [6.07, 6.45) is 3.43. The van der Waals surface area contributed by atoms with Crippen LogP contribution in [0.4, 0.5) is 0 Å². The molecule has 17 heavy (non-hydrogen) atoms. The van der Waals surface area contributed by atoms with E-state index in [-0.39, 0.29) is 0 Å². The number of hydrogen-bond donors (Lipinski definition) is 1. The van der Waals surface area contributed by atoms with Gasteiger partial charge in [-0.15, -0.1) is 0 Å². The standard InChI is InChI=1S/C14H12N2O/c1-2-7-13-11(4-1)5-3-6-12(13)10-17-14-15-8-9-16-14/h1-9H,10H2,(H,15,16). The number of imidazole rings is 1. The highest BCUT2D eigenvalue weighted by atomic mass is 16.5. The average molecular weight is 224 g/mol. The molecule has 3 nitrogen and oxygen atoms in total. The van der Waals surface area contributed by atoms with Gasteiger partial charge in [-0.05, 0) is 16.3 Å². The Morgan fingerprint density at radius 1 is 1.06 bits per heavy atom. The second kappa shape index (κ2) is 4.29. The average Bonchev–Trinajstić information content (AvgIpc) is 2.89. The largest absolute Gasteiger partial charge is 0.460 e. The Balaban J connectivity index is 1.90. The van der Waals surface area contributed by atoms with Crippen LogP contribution in [0.15, 0.2) is 54.9 Å². The van der Waals surface area contributed by atoms with E-state index in [1.807, 2.05) is 18.2 Å². The molecule has 1 heterocycles. The first-order valence-electron chi connectivity index (χ1n) is 5.52. The number of ether oxygens (including phenoxy) is 1. The van der Waals surface area contributed by atoms with Gasteiger partial charge in [0.2, 0.25) is 0 Å². The molecule has 0 aliphatic rings. The number of rotatable bonds is 3. The molecule has 3 rings (SSSR count). The topological polar surface area (TPSA) is 37.9 Å². The van der Waals surface area contributed by atoms with E-state index in [9.17, 15) is 0 Å². The number of nitrogens with zero attached hydrogens (tertiary/aromatic N) is 1. The first kappa shape index (κ1) is 9.90. The lowest BCUT2D eigenvalue weighted by Crippen LogP contribution is -1.97. The fourth-order valence-electron chi connectivity index (χ4n) is 1.89. The van der Waals surface area contributed by atoms with E-state index in [0.717, 1.165) is 0 Å². The molecule has 0 saturated heterocycles. The van der Waals surface area contributed by atoms with Crippen LogP contribution in [-0.4, -0.2) is 9.97 Å². The van der Waals surface area contributed by atoms with E-state index in [1.165, 1.54) is 16.3 Å². The number of aromatic amines is 1. The number of aromatic nitrogens is 2. The van der Waals surface area contributed by atoms with Crippen molar-refractivity contribution >= 4 is 10.8 Å². The molecule has 1 N–H and O–H groups in total. The SMILES string of the molecule is c1ccc2c(COc3ncc[nH]3)cccc2c1. The predicted octanol–water partition coefficient (Wildman–Crippen LogP) is 3.14.